The van der Waals surface area contributed by atoms with Crippen LogP contribution in [0.1, 0.15) is 41.9 Å². The van der Waals surface area contributed by atoms with Gasteiger partial charge in [0.1, 0.15) is 12.4 Å². The SMILES string of the molecule is CCNC(=NCCc1c(C)nn(C)c1C)NC1CCc2nc(COC)nn2C1.I. The Kier molecular flexibility index (Phi) is 8.87. The first-order chi connectivity index (χ1) is 13.5. The number of nitrogens with zero attached hydrogens (tertiary/aromatic N) is 6. The molecular weight excluding hydrogens is 483 g/mol. The second kappa shape index (κ2) is 10.9. The Hall–Kier alpha value is -1.69. The van der Waals surface area contributed by atoms with E-state index in [0.717, 1.165) is 62.2 Å². The summed E-state index contributed by atoms with van der Waals surface area (Å²) in [5, 5.41) is 15.9. The summed E-state index contributed by atoms with van der Waals surface area (Å²) in [6.45, 7) is 9.05. The number of methoxy groups -OCH3 is 1. The minimum absolute atomic E-state index is 0. The molecule has 10 heteroatoms. The first-order valence-electron chi connectivity index (χ1n) is 9.97. The molecule has 0 bridgehead atoms. The number of hydrogen-bond donors (Lipinski definition) is 2. The second-order valence-electron chi connectivity index (χ2n) is 7.22. The lowest BCUT2D eigenvalue weighted by molar-refractivity contribution is 0.177. The molecule has 0 aliphatic carbocycles. The van der Waals surface area contributed by atoms with Gasteiger partial charge >= 0.3 is 0 Å². The Morgan fingerprint density at radius 1 is 1.31 bits per heavy atom. The van der Waals surface area contributed by atoms with Crippen molar-refractivity contribution in [2.24, 2.45) is 12.0 Å². The van der Waals surface area contributed by atoms with Crippen LogP contribution in [0, 0.1) is 13.8 Å². The van der Waals surface area contributed by atoms with Gasteiger partial charge in [-0.1, -0.05) is 0 Å². The monoisotopic (exact) mass is 516 g/mol. The summed E-state index contributed by atoms with van der Waals surface area (Å²) in [5.74, 6) is 2.64. The quantitative estimate of drug-likeness (QED) is 0.329. The highest BCUT2D eigenvalue weighted by molar-refractivity contribution is 14.0. The van der Waals surface area contributed by atoms with E-state index in [2.05, 4.69) is 46.6 Å². The van der Waals surface area contributed by atoms with E-state index in [1.54, 1.807) is 7.11 Å². The number of aliphatic imine (C=N–C) groups is 1. The van der Waals surface area contributed by atoms with Crippen molar-refractivity contribution in [3.05, 3.63) is 28.6 Å². The highest BCUT2D eigenvalue weighted by atomic mass is 127. The molecule has 3 heterocycles. The van der Waals surface area contributed by atoms with Gasteiger partial charge in [-0.25, -0.2) is 9.67 Å². The number of hydrogen-bond acceptors (Lipinski definition) is 5. The predicted octanol–water partition coefficient (Wildman–Crippen LogP) is 1.51. The van der Waals surface area contributed by atoms with Crippen LogP contribution < -0.4 is 10.6 Å². The second-order valence-corrected chi connectivity index (χ2v) is 7.22. The van der Waals surface area contributed by atoms with Gasteiger partial charge in [-0.2, -0.15) is 10.2 Å². The van der Waals surface area contributed by atoms with Crippen LogP contribution in [-0.2, 0) is 37.8 Å². The van der Waals surface area contributed by atoms with Crippen molar-refractivity contribution in [2.75, 3.05) is 20.2 Å². The standard InChI is InChI=1S/C19H32N8O.HI/c1-6-20-19(21-10-9-16-13(2)24-26(4)14(16)3)22-15-7-8-18-23-17(12-28-5)25-27(18)11-15;/h15H,6-12H2,1-5H3,(H2,20,21,22);1H. The van der Waals surface area contributed by atoms with E-state index in [-0.39, 0.29) is 30.0 Å². The van der Waals surface area contributed by atoms with E-state index in [1.165, 1.54) is 11.3 Å². The molecule has 0 fully saturated rings. The molecule has 29 heavy (non-hydrogen) atoms. The third-order valence-corrected chi connectivity index (χ3v) is 5.15. The lowest BCUT2D eigenvalue weighted by Crippen LogP contribution is -2.47. The lowest BCUT2D eigenvalue weighted by Gasteiger charge is -2.25. The van der Waals surface area contributed by atoms with Gasteiger partial charge in [-0.05, 0) is 39.2 Å². The first-order valence-corrected chi connectivity index (χ1v) is 9.97. The molecule has 1 atom stereocenters. The summed E-state index contributed by atoms with van der Waals surface area (Å²) in [6, 6.07) is 0.282. The molecule has 0 radical (unpaired) electrons. The average molecular weight is 516 g/mol. The first kappa shape index (κ1) is 23.6. The van der Waals surface area contributed by atoms with Crippen molar-refractivity contribution in [3.63, 3.8) is 0 Å². The minimum atomic E-state index is 0. The van der Waals surface area contributed by atoms with E-state index >= 15 is 0 Å². The Balaban J connectivity index is 0.00000300. The van der Waals surface area contributed by atoms with Crippen LogP contribution in [0.5, 0.6) is 0 Å². The Morgan fingerprint density at radius 3 is 2.76 bits per heavy atom. The highest BCUT2D eigenvalue weighted by Crippen LogP contribution is 2.14. The summed E-state index contributed by atoms with van der Waals surface area (Å²) < 4.78 is 9.06. The number of nitrogens with one attached hydrogen (secondary N) is 2. The summed E-state index contributed by atoms with van der Waals surface area (Å²) in [5.41, 5.74) is 3.59. The molecule has 1 aliphatic heterocycles. The molecule has 2 aromatic heterocycles. The fraction of sp³-hybridized carbons (Fsp3) is 0.684. The van der Waals surface area contributed by atoms with Crippen LogP contribution in [0.15, 0.2) is 4.99 Å². The molecule has 3 rings (SSSR count). The maximum Gasteiger partial charge on any atom is 0.191 e. The Labute approximate surface area is 189 Å². The average Bonchev–Trinajstić information content (AvgIpc) is 3.16. The van der Waals surface area contributed by atoms with Gasteiger partial charge < -0.3 is 15.4 Å². The van der Waals surface area contributed by atoms with Gasteiger partial charge in [0.2, 0.25) is 0 Å². The molecule has 0 saturated heterocycles. The van der Waals surface area contributed by atoms with Crippen molar-refractivity contribution in [1.29, 1.82) is 0 Å². The summed E-state index contributed by atoms with van der Waals surface area (Å²) in [4.78, 5) is 9.31. The van der Waals surface area contributed by atoms with Crippen LogP contribution in [0.2, 0.25) is 0 Å². The normalized spacial score (nSPS) is 16.3. The molecule has 1 unspecified atom stereocenters. The molecule has 0 saturated carbocycles. The van der Waals surface area contributed by atoms with Gasteiger partial charge in [0.15, 0.2) is 11.8 Å². The smallest absolute Gasteiger partial charge is 0.191 e. The van der Waals surface area contributed by atoms with Crippen molar-refractivity contribution >= 4 is 29.9 Å². The summed E-state index contributed by atoms with van der Waals surface area (Å²) in [7, 11) is 3.65. The van der Waals surface area contributed by atoms with Gasteiger partial charge in [0, 0.05) is 45.4 Å². The van der Waals surface area contributed by atoms with Crippen molar-refractivity contribution in [3.8, 4) is 0 Å². The topological polar surface area (TPSA) is 94.2 Å². The Morgan fingerprint density at radius 2 is 2.10 bits per heavy atom. The van der Waals surface area contributed by atoms with Gasteiger partial charge in [-0.15, -0.1) is 24.0 Å². The van der Waals surface area contributed by atoms with Crippen LogP contribution in [0.4, 0.5) is 0 Å². The van der Waals surface area contributed by atoms with Gasteiger partial charge in [0.05, 0.1) is 12.2 Å². The zero-order valence-corrected chi connectivity index (χ0v) is 20.4. The number of ether oxygens (including phenoxy) is 1. The minimum Gasteiger partial charge on any atom is -0.377 e. The molecule has 9 nitrogen and oxygen atoms in total. The molecule has 2 N–H and O–H groups in total. The number of guanidine groups is 1. The Bertz CT molecular complexity index is 829. The van der Waals surface area contributed by atoms with E-state index in [4.69, 9.17) is 9.73 Å². The van der Waals surface area contributed by atoms with Gasteiger partial charge in [0.25, 0.3) is 0 Å². The molecule has 0 spiro atoms. The number of fused-ring (bicyclic) bond motifs is 1. The van der Waals surface area contributed by atoms with E-state index in [0.29, 0.717) is 6.61 Å². The largest absolute Gasteiger partial charge is 0.377 e. The van der Waals surface area contributed by atoms with Crippen LogP contribution >= 0.6 is 24.0 Å². The summed E-state index contributed by atoms with van der Waals surface area (Å²) >= 11 is 0. The van der Waals surface area contributed by atoms with Gasteiger partial charge in [-0.3, -0.25) is 9.67 Å². The summed E-state index contributed by atoms with van der Waals surface area (Å²) in [6.07, 6.45) is 2.80. The van der Waals surface area contributed by atoms with Crippen molar-refractivity contribution < 1.29 is 4.74 Å². The third kappa shape index (κ3) is 5.91. The molecule has 0 aromatic carbocycles. The lowest BCUT2D eigenvalue weighted by atomic mass is 10.1. The van der Waals surface area contributed by atoms with Crippen LogP contribution in [0.25, 0.3) is 0 Å². The predicted molar refractivity (Wildman–Crippen MR) is 124 cm³/mol. The number of halogens is 1. The highest BCUT2D eigenvalue weighted by Gasteiger charge is 2.22. The molecule has 0 amide bonds. The zero-order valence-electron chi connectivity index (χ0n) is 18.0. The van der Waals surface area contributed by atoms with Crippen LogP contribution in [0.3, 0.4) is 0 Å². The molecule has 1 aliphatic rings. The van der Waals surface area contributed by atoms with E-state index in [9.17, 15) is 0 Å². The fourth-order valence-corrected chi connectivity index (χ4v) is 3.64. The van der Waals surface area contributed by atoms with E-state index in [1.807, 2.05) is 16.4 Å². The third-order valence-electron chi connectivity index (χ3n) is 5.15. The number of rotatable bonds is 7. The zero-order chi connectivity index (χ0) is 20.1. The van der Waals surface area contributed by atoms with E-state index < -0.39 is 0 Å². The number of aryl methyl sites for hydroxylation is 3. The fourth-order valence-electron chi connectivity index (χ4n) is 3.64. The van der Waals surface area contributed by atoms with Crippen molar-refractivity contribution in [1.82, 2.24) is 35.2 Å². The maximum absolute atomic E-state index is 5.14. The maximum atomic E-state index is 5.14. The van der Waals surface area contributed by atoms with Crippen LogP contribution in [-0.4, -0.2) is 56.7 Å². The molecule has 2 aromatic rings. The molecule has 162 valence electrons. The number of aromatic nitrogens is 5. The van der Waals surface area contributed by atoms with Crippen molar-refractivity contribution in [2.45, 2.75) is 59.2 Å². The molecular formula is C19H33IN8O.